The van der Waals surface area contributed by atoms with Gasteiger partial charge < -0.3 is 4.90 Å². The van der Waals surface area contributed by atoms with Gasteiger partial charge in [-0.25, -0.2) is 0 Å². The van der Waals surface area contributed by atoms with Crippen LogP contribution in [0.25, 0.3) is 0 Å². The van der Waals surface area contributed by atoms with Crippen molar-refractivity contribution in [2.75, 3.05) is 7.05 Å². The molecule has 1 amide bonds. The Hall–Kier alpha value is -0.540. The molecule has 0 aliphatic carbocycles. The maximum absolute atomic E-state index is 12.0. The Morgan fingerprint density at radius 3 is 2.53 bits per heavy atom. The van der Waals surface area contributed by atoms with Crippen LogP contribution in [0.15, 0.2) is 22.7 Å². The molecule has 1 aromatic carbocycles. The molecule has 0 saturated heterocycles. The van der Waals surface area contributed by atoms with E-state index in [1.807, 2.05) is 13.8 Å². The van der Waals surface area contributed by atoms with Crippen LogP contribution in [-0.2, 0) is 0 Å². The monoisotopic (exact) mass is 289 g/mol. The van der Waals surface area contributed by atoms with E-state index in [0.29, 0.717) is 10.6 Å². The van der Waals surface area contributed by atoms with Gasteiger partial charge in [-0.1, -0.05) is 11.6 Å². The van der Waals surface area contributed by atoms with Crippen molar-refractivity contribution in [2.24, 2.45) is 0 Å². The van der Waals surface area contributed by atoms with Crippen molar-refractivity contribution in [3.8, 4) is 0 Å². The van der Waals surface area contributed by atoms with Crippen molar-refractivity contribution in [2.45, 2.75) is 19.9 Å². The first-order valence-electron chi connectivity index (χ1n) is 4.65. The van der Waals surface area contributed by atoms with Crippen LogP contribution in [-0.4, -0.2) is 23.9 Å². The van der Waals surface area contributed by atoms with Gasteiger partial charge in [-0.3, -0.25) is 4.79 Å². The predicted octanol–water partition coefficient (Wildman–Crippen LogP) is 3.58. The first-order chi connectivity index (χ1) is 6.93. The highest BCUT2D eigenvalue weighted by Crippen LogP contribution is 2.22. The number of carbonyl (C=O) groups excluding carboxylic acids is 1. The fraction of sp³-hybridized carbons (Fsp3) is 0.364. The van der Waals surface area contributed by atoms with Crippen LogP contribution in [0.2, 0.25) is 5.02 Å². The summed E-state index contributed by atoms with van der Waals surface area (Å²) >= 11 is 9.14. The Labute approximate surface area is 103 Å². The number of amides is 1. The highest BCUT2D eigenvalue weighted by atomic mass is 79.9. The van der Waals surface area contributed by atoms with E-state index < -0.39 is 0 Å². The fourth-order valence-corrected chi connectivity index (χ4v) is 1.94. The van der Waals surface area contributed by atoms with Gasteiger partial charge in [0.05, 0.1) is 5.56 Å². The first kappa shape index (κ1) is 12.5. The summed E-state index contributed by atoms with van der Waals surface area (Å²) in [4.78, 5) is 13.7. The molecule has 2 nitrogen and oxygen atoms in total. The predicted molar refractivity (Wildman–Crippen MR) is 66.4 cm³/mol. The molecular weight excluding hydrogens is 277 g/mol. The zero-order valence-electron chi connectivity index (χ0n) is 8.92. The minimum Gasteiger partial charge on any atom is -0.339 e. The highest BCUT2D eigenvalue weighted by molar-refractivity contribution is 9.10. The van der Waals surface area contributed by atoms with Gasteiger partial charge in [0.1, 0.15) is 0 Å². The Bertz CT molecular complexity index is 379. The second-order valence-electron chi connectivity index (χ2n) is 3.63. The molecule has 0 atom stereocenters. The molecule has 0 aromatic heterocycles. The topological polar surface area (TPSA) is 20.3 Å². The molecule has 0 N–H and O–H groups in total. The number of halogens is 2. The summed E-state index contributed by atoms with van der Waals surface area (Å²) in [5.41, 5.74) is 0.635. The Kier molecular flexibility index (Phi) is 4.17. The molecular formula is C11H13BrClNO. The van der Waals surface area contributed by atoms with Gasteiger partial charge in [-0.15, -0.1) is 0 Å². The van der Waals surface area contributed by atoms with Gasteiger partial charge in [-0.2, -0.15) is 0 Å². The molecule has 4 heteroatoms. The molecule has 0 aliphatic rings. The number of rotatable bonds is 2. The van der Waals surface area contributed by atoms with Crippen LogP contribution in [0.3, 0.4) is 0 Å². The summed E-state index contributed by atoms with van der Waals surface area (Å²) in [6, 6.07) is 5.35. The zero-order valence-corrected chi connectivity index (χ0v) is 11.3. The van der Waals surface area contributed by atoms with Crippen LogP contribution in [0.4, 0.5) is 0 Å². The fourth-order valence-electron chi connectivity index (χ4n) is 1.09. The first-order valence-corrected chi connectivity index (χ1v) is 5.82. The van der Waals surface area contributed by atoms with Gasteiger partial charge in [0, 0.05) is 22.6 Å². The van der Waals surface area contributed by atoms with E-state index in [1.165, 1.54) is 0 Å². The third kappa shape index (κ3) is 2.95. The number of nitrogens with zero attached hydrogens (tertiary/aromatic N) is 1. The van der Waals surface area contributed by atoms with Gasteiger partial charge >= 0.3 is 0 Å². The normalized spacial score (nSPS) is 10.5. The Morgan fingerprint density at radius 1 is 1.47 bits per heavy atom. The minimum atomic E-state index is -0.00598. The molecule has 0 unspecified atom stereocenters. The van der Waals surface area contributed by atoms with E-state index in [9.17, 15) is 4.79 Å². The second-order valence-corrected chi connectivity index (χ2v) is 4.92. The van der Waals surface area contributed by atoms with Crippen LogP contribution >= 0.6 is 27.5 Å². The quantitative estimate of drug-likeness (QED) is 0.815. The molecule has 0 bridgehead atoms. The molecule has 0 spiro atoms. The van der Waals surface area contributed by atoms with Crippen molar-refractivity contribution in [3.05, 3.63) is 33.3 Å². The smallest absolute Gasteiger partial charge is 0.254 e. The molecule has 0 radical (unpaired) electrons. The summed E-state index contributed by atoms with van der Waals surface area (Å²) in [6.07, 6.45) is 0. The third-order valence-electron chi connectivity index (χ3n) is 2.26. The van der Waals surface area contributed by atoms with Crippen molar-refractivity contribution >= 4 is 33.4 Å². The number of benzene rings is 1. The number of hydrogen-bond acceptors (Lipinski definition) is 1. The van der Waals surface area contributed by atoms with Crippen molar-refractivity contribution in [1.29, 1.82) is 0 Å². The van der Waals surface area contributed by atoms with Crippen molar-refractivity contribution in [1.82, 2.24) is 4.90 Å². The molecule has 1 aromatic rings. The SMILES string of the molecule is CC(C)N(C)C(=O)c1ccc(Cl)cc1Br. The lowest BCUT2D eigenvalue weighted by Gasteiger charge is -2.22. The summed E-state index contributed by atoms with van der Waals surface area (Å²) < 4.78 is 0.729. The zero-order chi connectivity index (χ0) is 11.6. The van der Waals surface area contributed by atoms with E-state index in [4.69, 9.17) is 11.6 Å². The average molecular weight is 291 g/mol. The maximum Gasteiger partial charge on any atom is 0.254 e. The van der Waals surface area contributed by atoms with E-state index in [2.05, 4.69) is 15.9 Å². The number of carbonyl (C=O) groups is 1. The van der Waals surface area contributed by atoms with Gasteiger partial charge in [-0.05, 0) is 48.0 Å². The standard InChI is InChI=1S/C11H13BrClNO/c1-7(2)14(3)11(15)9-5-4-8(13)6-10(9)12/h4-7H,1-3H3. The highest BCUT2D eigenvalue weighted by Gasteiger charge is 2.16. The Morgan fingerprint density at radius 2 is 2.07 bits per heavy atom. The summed E-state index contributed by atoms with van der Waals surface area (Å²) in [5, 5.41) is 0.616. The van der Waals surface area contributed by atoms with Gasteiger partial charge in [0.2, 0.25) is 0 Å². The van der Waals surface area contributed by atoms with Crippen LogP contribution < -0.4 is 0 Å². The minimum absolute atomic E-state index is 0.00598. The van der Waals surface area contributed by atoms with Crippen molar-refractivity contribution in [3.63, 3.8) is 0 Å². The summed E-state index contributed by atoms with van der Waals surface area (Å²) in [5.74, 6) is -0.00598. The molecule has 0 saturated carbocycles. The number of hydrogen-bond donors (Lipinski definition) is 0. The summed E-state index contributed by atoms with van der Waals surface area (Å²) in [7, 11) is 1.79. The van der Waals surface area contributed by atoms with Crippen LogP contribution in [0, 0.1) is 0 Å². The molecule has 0 heterocycles. The molecule has 1 rings (SSSR count). The Balaban J connectivity index is 3.01. The van der Waals surface area contributed by atoms with Gasteiger partial charge in [0.25, 0.3) is 5.91 Å². The lowest BCUT2D eigenvalue weighted by atomic mass is 10.2. The molecule has 15 heavy (non-hydrogen) atoms. The van der Waals surface area contributed by atoms with E-state index >= 15 is 0 Å². The lowest BCUT2D eigenvalue weighted by molar-refractivity contribution is 0.0754. The second kappa shape index (κ2) is 4.99. The lowest BCUT2D eigenvalue weighted by Crippen LogP contribution is -2.33. The van der Waals surface area contributed by atoms with Crippen LogP contribution in [0.5, 0.6) is 0 Å². The van der Waals surface area contributed by atoms with E-state index in [0.717, 1.165) is 4.47 Å². The maximum atomic E-state index is 12.0. The molecule has 82 valence electrons. The average Bonchev–Trinajstić information content (AvgIpc) is 2.15. The van der Waals surface area contributed by atoms with E-state index in [-0.39, 0.29) is 11.9 Å². The van der Waals surface area contributed by atoms with E-state index in [1.54, 1.807) is 30.1 Å². The largest absolute Gasteiger partial charge is 0.339 e. The van der Waals surface area contributed by atoms with Crippen LogP contribution in [0.1, 0.15) is 24.2 Å². The van der Waals surface area contributed by atoms with Crippen molar-refractivity contribution < 1.29 is 4.79 Å². The molecule has 0 fully saturated rings. The summed E-state index contributed by atoms with van der Waals surface area (Å²) in [6.45, 7) is 3.95. The third-order valence-corrected chi connectivity index (χ3v) is 3.15. The molecule has 0 aliphatic heterocycles. The van der Waals surface area contributed by atoms with Gasteiger partial charge in [0.15, 0.2) is 0 Å².